The molecule has 3 heterocycles. The Kier molecular flexibility index (Phi) is 5.70. The lowest BCUT2D eigenvalue weighted by atomic mass is 10.1. The molecule has 4 rings (SSSR count). The zero-order valence-corrected chi connectivity index (χ0v) is 16.8. The first-order chi connectivity index (χ1) is 15.0. The highest BCUT2D eigenvalue weighted by Gasteiger charge is 2.33. The number of ether oxygens (including phenoxy) is 2. The molecule has 1 atom stereocenters. The number of hydrogen-bond donors (Lipinski definition) is 1. The summed E-state index contributed by atoms with van der Waals surface area (Å²) in [6.07, 6.45) is 1.02. The highest BCUT2D eigenvalue weighted by atomic mass is 19.1. The lowest BCUT2D eigenvalue weighted by Crippen LogP contribution is -2.34. The average Bonchev–Trinajstić information content (AvgIpc) is 3.37. The second kappa shape index (κ2) is 8.58. The smallest absolute Gasteiger partial charge is 0.414 e. The van der Waals surface area contributed by atoms with Crippen molar-refractivity contribution in [2.45, 2.75) is 18.9 Å². The number of cyclic esters (lactones) is 1. The van der Waals surface area contributed by atoms with Gasteiger partial charge in [-0.15, -0.1) is 0 Å². The summed E-state index contributed by atoms with van der Waals surface area (Å²) in [4.78, 5) is 42.4. The summed E-state index contributed by atoms with van der Waals surface area (Å²) >= 11 is 0. The summed E-state index contributed by atoms with van der Waals surface area (Å²) in [5, 5.41) is 2.47. The van der Waals surface area contributed by atoms with Gasteiger partial charge in [0.05, 0.1) is 25.9 Å². The van der Waals surface area contributed by atoms with Crippen LogP contribution >= 0.6 is 0 Å². The van der Waals surface area contributed by atoms with Crippen LogP contribution in [0.3, 0.4) is 0 Å². The van der Waals surface area contributed by atoms with Gasteiger partial charge in [0.15, 0.2) is 0 Å². The number of halogens is 1. The Morgan fingerprint density at radius 1 is 1.29 bits per heavy atom. The normalized spacial score (nSPS) is 18.3. The fourth-order valence-corrected chi connectivity index (χ4v) is 3.61. The predicted octanol–water partition coefficient (Wildman–Crippen LogP) is 2.70. The molecular weight excluding hydrogens is 407 g/mol. The van der Waals surface area contributed by atoms with E-state index >= 15 is 0 Å². The summed E-state index contributed by atoms with van der Waals surface area (Å²) < 4.78 is 24.5. The molecule has 2 aliphatic heterocycles. The molecule has 0 radical (unpaired) electrons. The van der Waals surface area contributed by atoms with Crippen molar-refractivity contribution in [1.82, 2.24) is 10.3 Å². The molecule has 3 amide bonds. The lowest BCUT2D eigenvalue weighted by molar-refractivity contribution is -0.117. The molecule has 2 aliphatic rings. The number of carbonyl (C=O) groups is 3. The molecule has 162 valence electrons. The molecule has 0 spiro atoms. The minimum Gasteiger partial charge on any atom is -0.453 e. The topological polar surface area (TPSA) is 101 Å². The van der Waals surface area contributed by atoms with Gasteiger partial charge >= 0.3 is 12.2 Å². The summed E-state index contributed by atoms with van der Waals surface area (Å²) in [5.41, 5.74) is 1.23. The molecule has 1 aromatic heterocycles. The Labute approximate surface area is 177 Å². The van der Waals surface area contributed by atoms with Crippen LogP contribution in [0.2, 0.25) is 0 Å². The Morgan fingerprint density at radius 2 is 2.13 bits per heavy atom. The van der Waals surface area contributed by atoms with Crippen LogP contribution in [0.5, 0.6) is 0 Å². The van der Waals surface area contributed by atoms with Crippen molar-refractivity contribution in [1.29, 1.82) is 0 Å². The number of anilines is 2. The SMILES string of the molecule is COC(=O)NCC1CN(c2ccc(-c3ccc(N4CCCC4=O)nc3)c(F)c2)C(=O)O1. The number of amides is 3. The van der Waals surface area contributed by atoms with Gasteiger partial charge in [0.2, 0.25) is 5.91 Å². The summed E-state index contributed by atoms with van der Waals surface area (Å²) in [7, 11) is 1.24. The fourth-order valence-electron chi connectivity index (χ4n) is 3.61. The monoisotopic (exact) mass is 428 g/mol. The maximum atomic E-state index is 14.8. The van der Waals surface area contributed by atoms with Crippen molar-refractivity contribution < 1.29 is 28.2 Å². The van der Waals surface area contributed by atoms with E-state index in [2.05, 4.69) is 15.0 Å². The molecule has 1 unspecified atom stereocenters. The number of alkyl carbamates (subject to hydrolysis) is 1. The zero-order valence-electron chi connectivity index (χ0n) is 16.8. The van der Waals surface area contributed by atoms with Gasteiger partial charge in [-0.3, -0.25) is 14.6 Å². The van der Waals surface area contributed by atoms with Gasteiger partial charge in [0.25, 0.3) is 0 Å². The van der Waals surface area contributed by atoms with Gasteiger partial charge in [-0.25, -0.2) is 19.0 Å². The van der Waals surface area contributed by atoms with Crippen LogP contribution in [0.25, 0.3) is 11.1 Å². The number of hydrogen-bond acceptors (Lipinski definition) is 6. The van der Waals surface area contributed by atoms with E-state index in [-0.39, 0.29) is 19.0 Å². The van der Waals surface area contributed by atoms with Crippen molar-refractivity contribution in [2.24, 2.45) is 0 Å². The van der Waals surface area contributed by atoms with Crippen LogP contribution in [0.4, 0.5) is 25.5 Å². The van der Waals surface area contributed by atoms with Crippen molar-refractivity contribution >= 4 is 29.6 Å². The van der Waals surface area contributed by atoms with Crippen LogP contribution in [-0.4, -0.2) is 55.9 Å². The minimum atomic E-state index is -0.626. The second-order valence-electron chi connectivity index (χ2n) is 7.21. The Hall–Kier alpha value is -3.69. The summed E-state index contributed by atoms with van der Waals surface area (Å²) in [6, 6.07) is 7.85. The number of nitrogens with zero attached hydrogens (tertiary/aromatic N) is 3. The molecule has 9 nitrogen and oxygen atoms in total. The first-order valence-corrected chi connectivity index (χ1v) is 9.82. The number of nitrogens with one attached hydrogen (secondary N) is 1. The number of aromatic nitrogens is 1. The molecule has 10 heteroatoms. The molecule has 31 heavy (non-hydrogen) atoms. The van der Waals surface area contributed by atoms with Gasteiger partial charge in [-0.05, 0) is 36.8 Å². The Morgan fingerprint density at radius 3 is 2.77 bits per heavy atom. The predicted molar refractivity (Wildman–Crippen MR) is 109 cm³/mol. The minimum absolute atomic E-state index is 0.0355. The second-order valence-corrected chi connectivity index (χ2v) is 7.21. The van der Waals surface area contributed by atoms with Gasteiger partial charge in [0, 0.05) is 30.3 Å². The molecule has 1 aromatic carbocycles. The first kappa shape index (κ1) is 20.6. The number of benzene rings is 1. The highest BCUT2D eigenvalue weighted by Crippen LogP contribution is 2.30. The largest absolute Gasteiger partial charge is 0.453 e. The molecule has 0 bridgehead atoms. The van der Waals surface area contributed by atoms with E-state index in [4.69, 9.17) is 4.74 Å². The lowest BCUT2D eigenvalue weighted by Gasteiger charge is -2.16. The third-order valence-corrected chi connectivity index (χ3v) is 5.21. The molecule has 1 N–H and O–H groups in total. The highest BCUT2D eigenvalue weighted by molar-refractivity contribution is 5.94. The van der Waals surface area contributed by atoms with Crippen LogP contribution < -0.4 is 15.1 Å². The standard InChI is InChI=1S/C21H21FN4O5/c1-30-20(28)24-11-15-12-26(21(29)31-15)14-5-6-16(17(22)9-14)13-4-7-18(23-10-13)25-8-2-3-19(25)27/h4-7,9-10,15H,2-3,8,11-12H2,1H3,(H,24,28). The molecule has 2 fully saturated rings. The maximum absolute atomic E-state index is 14.8. The van der Waals surface area contributed by atoms with E-state index in [0.717, 1.165) is 6.42 Å². The third kappa shape index (κ3) is 4.27. The number of methoxy groups -OCH3 is 1. The average molecular weight is 428 g/mol. The molecule has 2 saturated heterocycles. The molecular formula is C21H21FN4O5. The Bertz CT molecular complexity index is 1010. The van der Waals surface area contributed by atoms with E-state index in [1.807, 2.05) is 0 Å². The Balaban J connectivity index is 1.46. The van der Waals surface area contributed by atoms with Crippen LogP contribution in [-0.2, 0) is 14.3 Å². The van der Waals surface area contributed by atoms with Crippen molar-refractivity contribution in [3.63, 3.8) is 0 Å². The first-order valence-electron chi connectivity index (χ1n) is 9.82. The van der Waals surface area contributed by atoms with Crippen LogP contribution in [0.15, 0.2) is 36.5 Å². The maximum Gasteiger partial charge on any atom is 0.414 e. The van der Waals surface area contributed by atoms with Gasteiger partial charge in [-0.2, -0.15) is 0 Å². The van der Waals surface area contributed by atoms with Crippen molar-refractivity contribution in [3.8, 4) is 11.1 Å². The quantitative estimate of drug-likeness (QED) is 0.786. The third-order valence-electron chi connectivity index (χ3n) is 5.21. The van der Waals surface area contributed by atoms with Crippen molar-refractivity contribution in [2.75, 3.05) is 36.5 Å². The van der Waals surface area contributed by atoms with E-state index in [1.165, 1.54) is 24.3 Å². The number of pyridine rings is 1. The van der Waals surface area contributed by atoms with E-state index in [1.54, 1.807) is 29.2 Å². The van der Waals surface area contributed by atoms with E-state index in [0.29, 0.717) is 35.6 Å². The van der Waals surface area contributed by atoms with Crippen LogP contribution in [0.1, 0.15) is 12.8 Å². The molecule has 0 aliphatic carbocycles. The molecule has 2 aromatic rings. The molecule has 0 saturated carbocycles. The summed E-state index contributed by atoms with van der Waals surface area (Å²) in [5.74, 6) is 0.0660. The van der Waals surface area contributed by atoms with Gasteiger partial charge in [0.1, 0.15) is 17.7 Å². The van der Waals surface area contributed by atoms with E-state index < -0.39 is 24.1 Å². The number of rotatable bonds is 5. The summed E-state index contributed by atoms with van der Waals surface area (Å²) in [6.45, 7) is 0.894. The van der Waals surface area contributed by atoms with Gasteiger partial charge in [-0.1, -0.05) is 0 Å². The van der Waals surface area contributed by atoms with Crippen molar-refractivity contribution in [3.05, 3.63) is 42.3 Å². The van der Waals surface area contributed by atoms with E-state index in [9.17, 15) is 18.8 Å². The fraction of sp³-hybridized carbons (Fsp3) is 0.333. The van der Waals surface area contributed by atoms with Gasteiger partial charge < -0.3 is 14.8 Å². The van der Waals surface area contributed by atoms with Crippen LogP contribution in [0, 0.1) is 5.82 Å². The number of carbonyl (C=O) groups excluding carboxylic acids is 3. The zero-order chi connectivity index (χ0) is 22.0.